The average Bonchev–Trinajstić information content (AvgIpc) is 2.97. The Morgan fingerprint density at radius 3 is 2.35 bits per heavy atom. The van der Waals surface area contributed by atoms with E-state index in [1.54, 1.807) is 0 Å². The molecule has 1 aromatic rings. The molecule has 1 heterocycles. The summed E-state index contributed by atoms with van der Waals surface area (Å²) in [4.78, 5) is 9.90. The van der Waals surface area contributed by atoms with Crippen LogP contribution in [0.3, 0.4) is 0 Å². The normalized spacial score (nSPS) is 16.9. The van der Waals surface area contributed by atoms with Gasteiger partial charge in [0.05, 0.1) is 4.92 Å². The van der Waals surface area contributed by atoms with Crippen LogP contribution in [0.5, 0.6) is 0 Å². The molecule has 0 radical (unpaired) electrons. The van der Waals surface area contributed by atoms with E-state index < -0.39 is 16.8 Å². The van der Waals surface area contributed by atoms with Crippen molar-refractivity contribution >= 4 is 5.69 Å². The molecule has 0 unspecified atom stereocenters. The van der Waals surface area contributed by atoms with Crippen molar-refractivity contribution in [3.05, 3.63) is 39.4 Å². The number of hydrogen-bond donors (Lipinski definition) is 0. The van der Waals surface area contributed by atoms with Gasteiger partial charge in [-0.1, -0.05) is 12.1 Å². The van der Waals surface area contributed by atoms with E-state index in [1.807, 2.05) is 0 Å². The molecule has 90 valence electrons. The summed E-state index contributed by atoms with van der Waals surface area (Å²) in [6.45, 7) is 1.45. The highest BCUT2D eigenvalue weighted by Crippen LogP contribution is 2.52. The Labute approximate surface area is 93.1 Å². The summed E-state index contributed by atoms with van der Waals surface area (Å²) in [5.41, 5.74) is -3.02. The van der Waals surface area contributed by atoms with E-state index in [0.717, 1.165) is 12.1 Å². The molecule has 0 saturated heterocycles. The number of nitrogens with zero attached hydrogens (tertiary/aromatic N) is 3. The first-order valence-electron chi connectivity index (χ1n) is 4.54. The standard InChI is InChI=1S/C9H6F3N3O2/c1-5-2-3-6(4-7(5)15(16)17)8(13-14-8)9(10,11)12/h2-4H,1H3. The first-order valence-corrected chi connectivity index (χ1v) is 4.54. The first kappa shape index (κ1) is 11.5. The molecule has 0 amide bonds. The maximum atomic E-state index is 12.7. The highest BCUT2D eigenvalue weighted by molar-refractivity contribution is 5.46. The van der Waals surface area contributed by atoms with E-state index in [2.05, 4.69) is 10.2 Å². The summed E-state index contributed by atoms with van der Waals surface area (Å²) in [5.74, 6) is 0. The Hall–Kier alpha value is -1.99. The maximum absolute atomic E-state index is 12.7. The summed E-state index contributed by atoms with van der Waals surface area (Å²) in [5, 5.41) is 16.6. The van der Waals surface area contributed by atoms with Gasteiger partial charge in [0.25, 0.3) is 5.69 Å². The molecule has 0 spiro atoms. The fourth-order valence-corrected chi connectivity index (χ4v) is 1.47. The largest absolute Gasteiger partial charge is 0.442 e. The molecular weight excluding hydrogens is 239 g/mol. The number of nitro groups is 1. The molecule has 0 aliphatic carbocycles. The Morgan fingerprint density at radius 1 is 1.35 bits per heavy atom. The van der Waals surface area contributed by atoms with Gasteiger partial charge in [-0.05, 0) is 6.92 Å². The zero-order valence-corrected chi connectivity index (χ0v) is 8.52. The van der Waals surface area contributed by atoms with Crippen LogP contribution in [-0.4, -0.2) is 11.1 Å². The molecular formula is C9H6F3N3O2. The predicted octanol–water partition coefficient (Wildman–Crippen LogP) is 3.08. The Morgan fingerprint density at radius 2 is 1.94 bits per heavy atom. The number of benzene rings is 1. The molecule has 2 rings (SSSR count). The van der Waals surface area contributed by atoms with Crippen molar-refractivity contribution in [1.29, 1.82) is 0 Å². The lowest BCUT2D eigenvalue weighted by atomic mass is 10.0. The van der Waals surface area contributed by atoms with E-state index in [4.69, 9.17) is 0 Å². The van der Waals surface area contributed by atoms with Crippen molar-refractivity contribution in [3.63, 3.8) is 0 Å². The highest BCUT2D eigenvalue weighted by atomic mass is 19.4. The number of aryl methyl sites for hydroxylation is 1. The monoisotopic (exact) mass is 245 g/mol. The third-order valence-corrected chi connectivity index (χ3v) is 2.50. The van der Waals surface area contributed by atoms with Crippen LogP contribution in [0, 0.1) is 17.0 Å². The van der Waals surface area contributed by atoms with Gasteiger partial charge < -0.3 is 0 Å². The lowest BCUT2D eigenvalue weighted by Gasteiger charge is -2.14. The average molecular weight is 245 g/mol. The Kier molecular flexibility index (Phi) is 2.20. The summed E-state index contributed by atoms with van der Waals surface area (Å²) >= 11 is 0. The SMILES string of the molecule is Cc1ccc(C2(C(F)(F)F)N=N2)cc1[N+](=O)[O-]. The molecule has 1 aliphatic rings. The lowest BCUT2D eigenvalue weighted by Crippen LogP contribution is -2.30. The minimum Gasteiger partial charge on any atom is -0.258 e. The van der Waals surface area contributed by atoms with Gasteiger partial charge in [0.2, 0.25) is 0 Å². The van der Waals surface area contributed by atoms with Crippen LogP contribution in [0.2, 0.25) is 0 Å². The van der Waals surface area contributed by atoms with Gasteiger partial charge in [0.15, 0.2) is 0 Å². The van der Waals surface area contributed by atoms with Crippen molar-refractivity contribution in [2.75, 3.05) is 0 Å². The van der Waals surface area contributed by atoms with Crippen LogP contribution in [0.15, 0.2) is 28.4 Å². The molecule has 0 N–H and O–H groups in total. The van der Waals surface area contributed by atoms with E-state index in [-0.39, 0.29) is 16.8 Å². The molecule has 0 atom stereocenters. The minimum atomic E-state index is -4.67. The molecule has 1 aliphatic heterocycles. The molecule has 17 heavy (non-hydrogen) atoms. The number of hydrogen-bond acceptors (Lipinski definition) is 4. The van der Waals surface area contributed by atoms with Crippen LogP contribution in [-0.2, 0) is 5.66 Å². The van der Waals surface area contributed by atoms with Gasteiger partial charge in [0.1, 0.15) is 0 Å². The van der Waals surface area contributed by atoms with Crippen molar-refractivity contribution < 1.29 is 18.1 Å². The van der Waals surface area contributed by atoms with Gasteiger partial charge >= 0.3 is 11.8 Å². The summed E-state index contributed by atoms with van der Waals surface area (Å²) in [7, 11) is 0. The second kappa shape index (κ2) is 3.25. The van der Waals surface area contributed by atoms with E-state index in [9.17, 15) is 23.3 Å². The minimum absolute atomic E-state index is 0.289. The van der Waals surface area contributed by atoms with Crippen LogP contribution >= 0.6 is 0 Å². The number of rotatable bonds is 2. The van der Waals surface area contributed by atoms with Crippen LogP contribution in [0.1, 0.15) is 11.1 Å². The van der Waals surface area contributed by atoms with Gasteiger partial charge in [-0.2, -0.15) is 13.2 Å². The molecule has 0 aromatic heterocycles. The fourth-order valence-electron chi connectivity index (χ4n) is 1.47. The first-order chi connectivity index (χ1) is 7.78. The zero-order chi connectivity index (χ0) is 12.8. The summed E-state index contributed by atoms with van der Waals surface area (Å²) < 4.78 is 38.0. The van der Waals surface area contributed by atoms with Crippen molar-refractivity contribution in [2.24, 2.45) is 10.2 Å². The highest BCUT2D eigenvalue weighted by Gasteiger charge is 2.65. The third-order valence-electron chi connectivity index (χ3n) is 2.50. The van der Waals surface area contributed by atoms with Crippen LogP contribution in [0.25, 0.3) is 0 Å². The van der Waals surface area contributed by atoms with Gasteiger partial charge in [-0.15, -0.1) is 10.2 Å². The summed E-state index contributed by atoms with van der Waals surface area (Å²) in [6.07, 6.45) is -4.67. The fraction of sp³-hybridized carbons (Fsp3) is 0.333. The van der Waals surface area contributed by atoms with Gasteiger partial charge in [-0.3, -0.25) is 10.1 Å². The van der Waals surface area contributed by atoms with E-state index in [0.29, 0.717) is 0 Å². The predicted molar refractivity (Wildman–Crippen MR) is 50.4 cm³/mol. The van der Waals surface area contributed by atoms with Crippen LogP contribution in [0.4, 0.5) is 18.9 Å². The third kappa shape index (κ3) is 1.65. The molecule has 8 heteroatoms. The van der Waals surface area contributed by atoms with Crippen molar-refractivity contribution in [2.45, 2.75) is 18.8 Å². The second-order valence-corrected chi connectivity index (χ2v) is 3.63. The summed E-state index contributed by atoms with van der Waals surface area (Å²) in [6, 6.07) is 3.27. The van der Waals surface area contributed by atoms with Crippen molar-refractivity contribution in [3.8, 4) is 0 Å². The molecule has 0 bridgehead atoms. The smallest absolute Gasteiger partial charge is 0.258 e. The number of nitro benzene ring substituents is 1. The Balaban J connectivity index is 2.49. The van der Waals surface area contributed by atoms with Gasteiger partial charge in [-0.25, -0.2) is 0 Å². The van der Waals surface area contributed by atoms with E-state index >= 15 is 0 Å². The second-order valence-electron chi connectivity index (χ2n) is 3.63. The molecule has 0 fully saturated rings. The quantitative estimate of drug-likeness (QED) is 0.593. The zero-order valence-electron chi connectivity index (χ0n) is 8.52. The number of alkyl halides is 3. The number of halogens is 3. The topological polar surface area (TPSA) is 67.9 Å². The van der Waals surface area contributed by atoms with Crippen LogP contribution < -0.4 is 0 Å². The molecule has 0 saturated carbocycles. The van der Waals surface area contributed by atoms with E-state index in [1.165, 1.54) is 13.0 Å². The Bertz CT molecular complexity index is 519. The molecule has 5 nitrogen and oxygen atoms in total. The van der Waals surface area contributed by atoms with Gasteiger partial charge in [0, 0.05) is 17.2 Å². The molecule has 1 aromatic carbocycles. The lowest BCUT2D eigenvalue weighted by molar-refractivity contribution is -0.385. The maximum Gasteiger partial charge on any atom is 0.442 e. The van der Waals surface area contributed by atoms with Crippen molar-refractivity contribution in [1.82, 2.24) is 0 Å².